The van der Waals surface area contributed by atoms with Crippen LogP contribution < -0.4 is 0 Å². The van der Waals surface area contributed by atoms with Gasteiger partial charge in [0, 0.05) is 7.05 Å². The van der Waals surface area contributed by atoms with E-state index in [-0.39, 0.29) is 12.1 Å². The predicted octanol–water partition coefficient (Wildman–Crippen LogP) is 2.27. The summed E-state index contributed by atoms with van der Waals surface area (Å²) < 4.78 is 5.13. The van der Waals surface area contributed by atoms with E-state index in [9.17, 15) is 9.59 Å². The van der Waals surface area contributed by atoms with Gasteiger partial charge < -0.3 is 14.7 Å². The largest absolute Gasteiger partial charge is 0.478 e. The molecule has 0 rings (SSSR count). The second-order valence-corrected chi connectivity index (χ2v) is 5.12. The lowest BCUT2D eigenvalue weighted by Gasteiger charge is -2.25. The summed E-state index contributed by atoms with van der Waals surface area (Å²) in [6, 6.07) is 0. The molecule has 0 radical (unpaired) electrons. The van der Waals surface area contributed by atoms with Crippen molar-refractivity contribution >= 4 is 12.1 Å². The summed E-state index contributed by atoms with van der Waals surface area (Å²) in [4.78, 5) is 23.8. The molecule has 0 saturated carbocycles. The maximum absolute atomic E-state index is 11.6. The summed E-state index contributed by atoms with van der Waals surface area (Å²) in [6.45, 7) is 8.72. The predicted molar refractivity (Wildman–Crippen MR) is 64.9 cm³/mol. The molecular weight excluding hydrogens is 222 g/mol. The highest BCUT2D eigenvalue weighted by atomic mass is 16.6. The van der Waals surface area contributed by atoms with Crippen LogP contribution in [0.4, 0.5) is 4.79 Å². The third kappa shape index (κ3) is 5.94. The normalized spacial score (nSPS) is 10.7. The second kappa shape index (κ2) is 5.70. The van der Waals surface area contributed by atoms with Gasteiger partial charge in [-0.15, -0.1) is 0 Å². The summed E-state index contributed by atoms with van der Waals surface area (Å²) >= 11 is 0. The van der Waals surface area contributed by atoms with Crippen molar-refractivity contribution < 1.29 is 19.4 Å². The Morgan fingerprint density at radius 1 is 1.24 bits per heavy atom. The van der Waals surface area contributed by atoms with Crippen LogP contribution in [-0.4, -0.2) is 41.3 Å². The number of hydrogen-bond donors (Lipinski definition) is 1. The van der Waals surface area contributed by atoms with Gasteiger partial charge in [0.1, 0.15) is 5.60 Å². The number of carbonyl (C=O) groups excluding carboxylic acids is 1. The summed E-state index contributed by atoms with van der Waals surface area (Å²) in [5.41, 5.74) is 0.297. The van der Waals surface area contributed by atoms with Crippen LogP contribution in [0.3, 0.4) is 0 Å². The van der Waals surface area contributed by atoms with Crippen LogP contribution in [0.2, 0.25) is 0 Å². The maximum Gasteiger partial charge on any atom is 0.410 e. The van der Waals surface area contributed by atoms with Crippen molar-refractivity contribution in [3.8, 4) is 0 Å². The third-order valence-corrected chi connectivity index (χ3v) is 1.96. The third-order valence-electron chi connectivity index (χ3n) is 1.96. The minimum atomic E-state index is -1.01. The SMILES string of the molecule is CC(C)=C(CN(C)C(=O)OC(C)(C)C)C(=O)O. The van der Waals surface area contributed by atoms with Crippen LogP contribution in [0.25, 0.3) is 0 Å². The van der Waals surface area contributed by atoms with Crippen molar-refractivity contribution in [2.75, 3.05) is 13.6 Å². The average Bonchev–Trinajstić information content (AvgIpc) is 2.09. The fourth-order valence-corrected chi connectivity index (χ4v) is 1.08. The lowest BCUT2D eigenvalue weighted by atomic mass is 10.1. The zero-order valence-corrected chi connectivity index (χ0v) is 11.3. The molecule has 0 aliphatic carbocycles. The monoisotopic (exact) mass is 243 g/mol. The topological polar surface area (TPSA) is 66.8 Å². The van der Waals surface area contributed by atoms with E-state index >= 15 is 0 Å². The molecule has 0 aliphatic rings. The minimum absolute atomic E-state index is 0.0343. The average molecular weight is 243 g/mol. The Bertz CT molecular complexity index is 335. The number of nitrogens with zero attached hydrogens (tertiary/aromatic N) is 1. The smallest absolute Gasteiger partial charge is 0.410 e. The molecule has 1 N–H and O–H groups in total. The molecular formula is C12H21NO4. The fourth-order valence-electron chi connectivity index (χ4n) is 1.08. The first kappa shape index (κ1) is 15.5. The number of aliphatic carboxylic acids is 1. The molecule has 1 amide bonds. The Morgan fingerprint density at radius 3 is 2.00 bits per heavy atom. The lowest BCUT2D eigenvalue weighted by molar-refractivity contribution is -0.132. The molecule has 0 fully saturated rings. The molecule has 5 nitrogen and oxygen atoms in total. The molecule has 5 heteroatoms. The number of likely N-dealkylation sites (N-methyl/N-ethyl adjacent to an activating group) is 1. The van der Waals surface area contributed by atoms with Gasteiger partial charge in [0.2, 0.25) is 0 Å². The number of amides is 1. The van der Waals surface area contributed by atoms with E-state index < -0.39 is 17.7 Å². The van der Waals surface area contributed by atoms with E-state index in [2.05, 4.69) is 0 Å². The van der Waals surface area contributed by atoms with Crippen LogP contribution in [0.15, 0.2) is 11.1 Å². The molecule has 0 unspecified atom stereocenters. The molecule has 0 spiro atoms. The van der Waals surface area contributed by atoms with E-state index in [1.165, 1.54) is 11.9 Å². The van der Waals surface area contributed by atoms with E-state index in [0.717, 1.165) is 0 Å². The highest BCUT2D eigenvalue weighted by molar-refractivity contribution is 5.88. The van der Waals surface area contributed by atoms with Crippen LogP contribution in [0.5, 0.6) is 0 Å². The van der Waals surface area contributed by atoms with Crippen molar-refractivity contribution in [1.82, 2.24) is 4.90 Å². The molecule has 0 saturated heterocycles. The van der Waals surface area contributed by atoms with Gasteiger partial charge in [-0.3, -0.25) is 0 Å². The van der Waals surface area contributed by atoms with Gasteiger partial charge in [-0.2, -0.15) is 0 Å². The van der Waals surface area contributed by atoms with Crippen LogP contribution in [0, 0.1) is 0 Å². The zero-order chi connectivity index (χ0) is 13.8. The Labute approximate surface area is 102 Å². The second-order valence-electron chi connectivity index (χ2n) is 5.12. The van der Waals surface area contributed by atoms with Crippen molar-refractivity contribution in [2.45, 2.75) is 40.2 Å². The number of ether oxygens (including phenoxy) is 1. The van der Waals surface area contributed by atoms with Gasteiger partial charge >= 0.3 is 12.1 Å². The molecule has 17 heavy (non-hydrogen) atoms. The highest BCUT2D eigenvalue weighted by Gasteiger charge is 2.22. The van der Waals surface area contributed by atoms with E-state index in [4.69, 9.17) is 9.84 Å². The number of carboxylic acid groups (broad SMARTS) is 1. The number of hydrogen-bond acceptors (Lipinski definition) is 3. The summed E-state index contributed by atoms with van der Waals surface area (Å²) in [5.74, 6) is -1.01. The number of rotatable bonds is 3. The van der Waals surface area contributed by atoms with Crippen molar-refractivity contribution in [3.05, 3.63) is 11.1 Å². The summed E-state index contributed by atoms with van der Waals surface area (Å²) in [7, 11) is 1.51. The zero-order valence-electron chi connectivity index (χ0n) is 11.3. The number of carbonyl (C=O) groups is 2. The van der Waals surface area contributed by atoms with Crippen LogP contribution in [-0.2, 0) is 9.53 Å². The quantitative estimate of drug-likeness (QED) is 0.772. The Balaban J connectivity index is 4.65. The number of carboxylic acids is 1. The highest BCUT2D eigenvalue weighted by Crippen LogP contribution is 2.11. The van der Waals surface area contributed by atoms with E-state index in [1.807, 2.05) is 0 Å². The standard InChI is InChI=1S/C12H21NO4/c1-8(2)9(10(14)15)7-13(6)11(16)17-12(3,4)5/h7H2,1-6H3,(H,14,15). The Morgan fingerprint density at radius 2 is 1.71 bits per heavy atom. The van der Waals surface area contributed by atoms with Crippen molar-refractivity contribution in [3.63, 3.8) is 0 Å². The van der Waals surface area contributed by atoms with Crippen LogP contribution >= 0.6 is 0 Å². The summed E-state index contributed by atoms with van der Waals surface area (Å²) in [6.07, 6.45) is -0.530. The molecule has 0 aromatic carbocycles. The first-order valence-electron chi connectivity index (χ1n) is 5.38. The molecule has 0 heterocycles. The Hall–Kier alpha value is -1.52. The molecule has 0 atom stereocenters. The molecule has 0 aromatic rings. The van der Waals surface area contributed by atoms with Crippen molar-refractivity contribution in [2.24, 2.45) is 0 Å². The van der Waals surface area contributed by atoms with E-state index in [1.54, 1.807) is 34.6 Å². The van der Waals surface area contributed by atoms with Gasteiger partial charge in [0.15, 0.2) is 0 Å². The van der Waals surface area contributed by atoms with Gasteiger partial charge in [0.05, 0.1) is 12.1 Å². The molecule has 0 bridgehead atoms. The van der Waals surface area contributed by atoms with Crippen LogP contribution in [0.1, 0.15) is 34.6 Å². The fraction of sp³-hybridized carbons (Fsp3) is 0.667. The number of allylic oxidation sites excluding steroid dienone is 1. The van der Waals surface area contributed by atoms with Gasteiger partial charge in [0.25, 0.3) is 0 Å². The summed E-state index contributed by atoms with van der Waals surface area (Å²) in [5, 5.41) is 8.97. The Kier molecular flexibility index (Phi) is 5.19. The molecule has 0 aromatic heterocycles. The first-order chi connectivity index (χ1) is 7.54. The minimum Gasteiger partial charge on any atom is -0.478 e. The van der Waals surface area contributed by atoms with Gasteiger partial charge in [-0.25, -0.2) is 9.59 Å². The molecule has 0 aliphatic heterocycles. The van der Waals surface area contributed by atoms with E-state index in [0.29, 0.717) is 5.57 Å². The first-order valence-corrected chi connectivity index (χ1v) is 5.38. The van der Waals surface area contributed by atoms with Crippen molar-refractivity contribution in [1.29, 1.82) is 0 Å². The molecule has 98 valence electrons. The lowest BCUT2D eigenvalue weighted by Crippen LogP contribution is -2.36. The maximum atomic E-state index is 11.6. The van der Waals surface area contributed by atoms with Gasteiger partial charge in [-0.1, -0.05) is 5.57 Å². The van der Waals surface area contributed by atoms with Gasteiger partial charge in [-0.05, 0) is 34.6 Å².